The summed E-state index contributed by atoms with van der Waals surface area (Å²) in [5.74, 6) is -0.155. The molecular weight excluding hydrogens is 342 g/mol. The lowest BCUT2D eigenvalue weighted by atomic mass is 10.0. The molecule has 0 bridgehead atoms. The summed E-state index contributed by atoms with van der Waals surface area (Å²) >= 11 is 0. The number of rotatable bonds is 7. The number of pyridine rings is 1. The molecule has 1 heterocycles. The van der Waals surface area contributed by atoms with Gasteiger partial charge in [-0.15, -0.1) is 0 Å². The molecule has 1 aliphatic carbocycles. The van der Waals surface area contributed by atoms with Crippen LogP contribution >= 0.6 is 0 Å². The second kappa shape index (κ2) is 8.20. The maximum absolute atomic E-state index is 12.1. The molecule has 1 aromatic carbocycles. The van der Waals surface area contributed by atoms with Gasteiger partial charge in [0.25, 0.3) is 5.91 Å². The number of esters is 1. The van der Waals surface area contributed by atoms with Gasteiger partial charge in [-0.2, -0.15) is 0 Å². The largest absolute Gasteiger partial charge is 0.452 e. The van der Waals surface area contributed by atoms with E-state index in [1.807, 2.05) is 32.9 Å². The number of anilines is 1. The Morgan fingerprint density at radius 1 is 1.19 bits per heavy atom. The number of hydrogen-bond donors (Lipinski definition) is 2. The molecule has 142 valence electrons. The zero-order valence-corrected chi connectivity index (χ0v) is 15.9. The lowest BCUT2D eigenvalue weighted by Crippen LogP contribution is -2.31. The minimum atomic E-state index is -0.561. The van der Waals surface area contributed by atoms with E-state index in [0.29, 0.717) is 11.6 Å². The standard InChI is InChI=1S/C21H25N3O3/c1-13-4-5-16(10-14(13)2)15(3)23-20(25)12-27-21(26)17-6-9-19(22-11-17)24-18-7-8-18/h4-6,9-11,15,18H,7-8,12H2,1-3H3,(H,22,24)(H,23,25). The molecule has 0 spiro atoms. The number of nitrogens with zero attached hydrogens (tertiary/aromatic N) is 1. The highest BCUT2D eigenvalue weighted by Gasteiger charge is 2.21. The number of amides is 1. The van der Waals surface area contributed by atoms with Gasteiger partial charge in [-0.3, -0.25) is 4.79 Å². The van der Waals surface area contributed by atoms with Crippen molar-refractivity contribution in [2.75, 3.05) is 11.9 Å². The summed E-state index contributed by atoms with van der Waals surface area (Å²) in [5, 5.41) is 6.09. The minimum absolute atomic E-state index is 0.162. The number of aromatic nitrogens is 1. The molecule has 1 unspecified atom stereocenters. The van der Waals surface area contributed by atoms with Gasteiger partial charge in [0.1, 0.15) is 5.82 Å². The third-order valence-electron chi connectivity index (χ3n) is 4.67. The maximum Gasteiger partial charge on any atom is 0.340 e. The van der Waals surface area contributed by atoms with Crippen molar-refractivity contribution in [1.29, 1.82) is 0 Å². The van der Waals surface area contributed by atoms with Crippen LogP contribution in [0, 0.1) is 13.8 Å². The van der Waals surface area contributed by atoms with E-state index in [-0.39, 0.29) is 18.6 Å². The Morgan fingerprint density at radius 3 is 2.59 bits per heavy atom. The summed E-state index contributed by atoms with van der Waals surface area (Å²) in [6.07, 6.45) is 3.77. The fourth-order valence-corrected chi connectivity index (χ4v) is 2.65. The van der Waals surface area contributed by atoms with Crippen LogP contribution in [0.3, 0.4) is 0 Å². The van der Waals surface area contributed by atoms with E-state index in [0.717, 1.165) is 24.2 Å². The third-order valence-corrected chi connectivity index (χ3v) is 4.67. The van der Waals surface area contributed by atoms with Gasteiger partial charge in [0, 0.05) is 12.2 Å². The molecule has 27 heavy (non-hydrogen) atoms. The highest BCUT2D eigenvalue weighted by molar-refractivity contribution is 5.91. The van der Waals surface area contributed by atoms with Crippen LogP contribution in [0.4, 0.5) is 5.82 Å². The first-order chi connectivity index (χ1) is 12.9. The van der Waals surface area contributed by atoms with Crippen LogP contribution in [-0.4, -0.2) is 29.5 Å². The molecule has 2 N–H and O–H groups in total. The second-order valence-corrected chi connectivity index (χ2v) is 7.06. The maximum atomic E-state index is 12.1. The predicted molar refractivity (Wildman–Crippen MR) is 104 cm³/mol. The van der Waals surface area contributed by atoms with E-state index < -0.39 is 5.97 Å². The molecule has 0 aliphatic heterocycles. The first kappa shape index (κ1) is 18.9. The van der Waals surface area contributed by atoms with Crippen LogP contribution in [0.5, 0.6) is 0 Å². The smallest absolute Gasteiger partial charge is 0.340 e. The fraction of sp³-hybridized carbons (Fsp3) is 0.381. The highest BCUT2D eigenvalue weighted by Crippen LogP contribution is 2.23. The molecule has 3 rings (SSSR count). The van der Waals surface area contributed by atoms with E-state index in [1.165, 1.54) is 17.3 Å². The van der Waals surface area contributed by atoms with E-state index in [2.05, 4.69) is 21.7 Å². The molecule has 0 saturated heterocycles. The quantitative estimate of drug-likeness (QED) is 0.734. The molecule has 1 aliphatic rings. The fourth-order valence-electron chi connectivity index (χ4n) is 2.65. The normalized spacial score (nSPS) is 14.3. The van der Waals surface area contributed by atoms with E-state index in [9.17, 15) is 9.59 Å². The average Bonchev–Trinajstić information content (AvgIpc) is 3.46. The number of benzene rings is 1. The van der Waals surface area contributed by atoms with Crippen molar-refractivity contribution in [1.82, 2.24) is 10.3 Å². The van der Waals surface area contributed by atoms with Crippen molar-refractivity contribution in [2.24, 2.45) is 0 Å². The van der Waals surface area contributed by atoms with Gasteiger partial charge in [0.15, 0.2) is 6.61 Å². The Bertz CT molecular complexity index is 829. The predicted octanol–water partition coefficient (Wildman–Crippen LogP) is 3.31. The van der Waals surface area contributed by atoms with Crippen molar-refractivity contribution >= 4 is 17.7 Å². The average molecular weight is 367 g/mol. The van der Waals surface area contributed by atoms with Crippen molar-refractivity contribution in [2.45, 2.75) is 45.7 Å². The van der Waals surface area contributed by atoms with Gasteiger partial charge < -0.3 is 15.4 Å². The zero-order valence-electron chi connectivity index (χ0n) is 15.9. The van der Waals surface area contributed by atoms with Gasteiger partial charge in [-0.25, -0.2) is 9.78 Å². The molecular formula is C21H25N3O3. The highest BCUT2D eigenvalue weighted by atomic mass is 16.5. The molecule has 0 radical (unpaired) electrons. The van der Waals surface area contributed by atoms with Crippen molar-refractivity contribution in [3.8, 4) is 0 Å². The monoisotopic (exact) mass is 367 g/mol. The topological polar surface area (TPSA) is 80.3 Å². The number of carbonyl (C=O) groups is 2. The summed E-state index contributed by atoms with van der Waals surface area (Å²) in [6.45, 7) is 5.66. The van der Waals surface area contributed by atoms with E-state index >= 15 is 0 Å². The van der Waals surface area contributed by atoms with E-state index in [1.54, 1.807) is 12.1 Å². The third kappa shape index (κ3) is 5.29. The van der Waals surface area contributed by atoms with Crippen LogP contribution in [0.25, 0.3) is 0 Å². The minimum Gasteiger partial charge on any atom is -0.452 e. The van der Waals surface area contributed by atoms with Crippen molar-refractivity contribution in [3.63, 3.8) is 0 Å². The summed E-state index contributed by atoms with van der Waals surface area (Å²) in [5.41, 5.74) is 3.72. The Morgan fingerprint density at radius 2 is 1.96 bits per heavy atom. The van der Waals surface area contributed by atoms with Crippen LogP contribution < -0.4 is 10.6 Å². The number of carbonyl (C=O) groups excluding carboxylic acids is 2. The van der Waals surface area contributed by atoms with Gasteiger partial charge in [-0.05, 0) is 62.4 Å². The van der Waals surface area contributed by atoms with Gasteiger partial charge in [-0.1, -0.05) is 18.2 Å². The summed E-state index contributed by atoms with van der Waals surface area (Å²) in [6, 6.07) is 9.80. The number of hydrogen-bond acceptors (Lipinski definition) is 5. The van der Waals surface area contributed by atoms with Gasteiger partial charge in [0.05, 0.1) is 11.6 Å². The van der Waals surface area contributed by atoms with Crippen molar-refractivity contribution in [3.05, 3.63) is 58.8 Å². The second-order valence-electron chi connectivity index (χ2n) is 7.06. The summed E-state index contributed by atoms with van der Waals surface area (Å²) < 4.78 is 5.09. The summed E-state index contributed by atoms with van der Waals surface area (Å²) in [7, 11) is 0. The van der Waals surface area contributed by atoms with Crippen LogP contribution in [0.2, 0.25) is 0 Å². The molecule has 1 atom stereocenters. The summed E-state index contributed by atoms with van der Waals surface area (Å²) in [4.78, 5) is 28.4. The molecule has 1 saturated carbocycles. The molecule has 6 heteroatoms. The molecule has 1 amide bonds. The Hall–Kier alpha value is -2.89. The Kier molecular flexibility index (Phi) is 5.74. The lowest BCUT2D eigenvalue weighted by molar-refractivity contribution is -0.124. The SMILES string of the molecule is Cc1ccc(C(C)NC(=O)COC(=O)c2ccc(NC3CC3)nc2)cc1C. The van der Waals surface area contributed by atoms with Crippen molar-refractivity contribution < 1.29 is 14.3 Å². The Balaban J connectivity index is 1.47. The van der Waals surface area contributed by atoms with Crippen LogP contribution in [0.15, 0.2) is 36.5 Å². The van der Waals surface area contributed by atoms with Crippen LogP contribution in [0.1, 0.15) is 52.9 Å². The van der Waals surface area contributed by atoms with E-state index in [4.69, 9.17) is 4.74 Å². The van der Waals surface area contributed by atoms with Crippen LogP contribution in [-0.2, 0) is 9.53 Å². The molecule has 2 aromatic rings. The van der Waals surface area contributed by atoms with Gasteiger partial charge in [0.2, 0.25) is 0 Å². The molecule has 1 aromatic heterocycles. The zero-order chi connectivity index (χ0) is 19.4. The number of aryl methyl sites for hydroxylation is 2. The molecule has 6 nitrogen and oxygen atoms in total. The number of nitrogens with one attached hydrogen (secondary N) is 2. The Labute approximate surface area is 159 Å². The van der Waals surface area contributed by atoms with Gasteiger partial charge >= 0.3 is 5.97 Å². The first-order valence-electron chi connectivity index (χ1n) is 9.18. The first-order valence-corrected chi connectivity index (χ1v) is 9.18. The number of ether oxygens (including phenoxy) is 1. The lowest BCUT2D eigenvalue weighted by Gasteiger charge is -2.15. The molecule has 1 fully saturated rings.